The summed E-state index contributed by atoms with van der Waals surface area (Å²) in [5, 5.41) is 0.930. The van der Waals surface area contributed by atoms with E-state index in [0.717, 1.165) is 11.2 Å². The second-order valence-electron chi connectivity index (χ2n) is 5.34. The van der Waals surface area contributed by atoms with Gasteiger partial charge in [-0.2, -0.15) is 0 Å². The lowest BCUT2D eigenvalue weighted by atomic mass is 10.0. The van der Waals surface area contributed by atoms with Gasteiger partial charge in [-0.3, -0.25) is 0 Å². The van der Waals surface area contributed by atoms with Crippen molar-refractivity contribution in [1.29, 1.82) is 0 Å². The molecule has 1 atom stereocenters. The van der Waals surface area contributed by atoms with Gasteiger partial charge in [0, 0.05) is 24.1 Å². The summed E-state index contributed by atoms with van der Waals surface area (Å²) < 4.78 is 0. The van der Waals surface area contributed by atoms with Crippen LogP contribution in [0.2, 0.25) is 0 Å². The van der Waals surface area contributed by atoms with Crippen LogP contribution >= 0.6 is 15.9 Å². The highest BCUT2D eigenvalue weighted by Crippen LogP contribution is 2.24. The van der Waals surface area contributed by atoms with Crippen LogP contribution in [0.3, 0.4) is 0 Å². The number of hydrogen-bond acceptors (Lipinski definition) is 1. The smallest absolute Gasteiger partial charge is 0.0395 e. The van der Waals surface area contributed by atoms with Crippen molar-refractivity contribution in [2.45, 2.75) is 45.5 Å². The van der Waals surface area contributed by atoms with E-state index in [-0.39, 0.29) is 0 Å². The third-order valence-corrected chi connectivity index (χ3v) is 3.92. The van der Waals surface area contributed by atoms with Gasteiger partial charge in [-0.05, 0) is 43.4 Å². The van der Waals surface area contributed by atoms with Gasteiger partial charge in [-0.25, -0.2) is 0 Å². The number of anilines is 1. The van der Waals surface area contributed by atoms with Crippen molar-refractivity contribution in [3.8, 4) is 0 Å². The average molecular weight is 298 g/mol. The van der Waals surface area contributed by atoms with Gasteiger partial charge in [-0.1, -0.05) is 41.9 Å². The van der Waals surface area contributed by atoms with Crippen LogP contribution in [0.4, 0.5) is 5.69 Å². The number of benzene rings is 1. The lowest BCUT2D eigenvalue weighted by Crippen LogP contribution is -2.30. The predicted octanol–water partition coefficient (Wildman–Crippen LogP) is 4.76. The highest BCUT2D eigenvalue weighted by Gasteiger charge is 2.13. The van der Waals surface area contributed by atoms with Crippen LogP contribution in [-0.2, 0) is 5.33 Å². The number of hydrogen-bond donors (Lipinski definition) is 0. The molecule has 0 N–H and O–H groups in total. The average Bonchev–Trinajstić information content (AvgIpc) is 2.27. The number of alkyl halides is 1. The molecule has 1 unspecified atom stereocenters. The van der Waals surface area contributed by atoms with Crippen LogP contribution in [0.25, 0.3) is 0 Å². The normalized spacial score (nSPS) is 12.9. The fourth-order valence-electron chi connectivity index (χ4n) is 2.27. The molecule has 0 aliphatic carbocycles. The second-order valence-corrected chi connectivity index (χ2v) is 5.90. The van der Waals surface area contributed by atoms with Gasteiger partial charge >= 0.3 is 0 Å². The van der Waals surface area contributed by atoms with Crippen molar-refractivity contribution in [2.24, 2.45) is 5.92 Å². The van der Waals surface area contributed by atoms with Crippen molar-refractivity contribution >= 4 is 21.6 Å². The maximum Gasteiger partial charge on any atom is 0.0395 e. The van der Waals surface area contributed by atoms with Crippen LogP contribution in [-0.4, -0.2) is 13.1 Å². The van der Waals surface area contributed by atoms with E-state index in [1.807, 2.05) is 0 Å². The quantitative estimate of drug-likeness (QED) is 0.708. The van der Waals surface area contributed by atoms with E-state index in [4.69, 9.17) is 0 Å². The molecule has 0 saturated heterocycles. The first-order valence-corrected chi connectivity index (χ1v) is 7.46. The molecule has 0 fully saturated rings. The molecule has 0 aliphatic heterocycles. The Kier molecular flexibility index (Phi) is 5.51. The standard InChI is InChI=1S/C15H24BrN/c1-11(2)8-13(4)17(5)15-7-6-14(10-16)9-12(15)3/h6-7,9,11,13H,8,10H2,1-5H3. The Hall–Kier alpha value is -0.500. The molecular weight excluding hydrogens is 274 g/mol. The maximum atomic E-state index is 3.50. The molecular formula is C15H24BrN. The predicted molar refractivity (Wildman–Crippen MR) is 81.1 cm³/mol. The first kappa shape index (κ1) is 14.6. The minimum atomic E-state index is 0.587. The van der Waals surface area contributed by atoms with Gasteiger partial charge in [0.05, 0.1) is 0 Å². The summed E-state index contributed by atoms with van der Waals surface area (Å²) >= 11 is 3.50. The molecule has 96 valence electrons. The van der Waals surface area contributed by atoms with Crippen molar-refractivity contribution in [2.75, 3.05) is 11.9 Å². The molecule has 0 radical (unpaired) electrons. The molecule has 1 aromatic rings. The van der Waals surface area contributed by atoms with Gasteiger partial charge in [0.2, 0.25) is 0 Å². The van der Waals surface area contributed by atoms with Gasteiger partial charge in [0.15, 0.2) is 0 Å². The van der Waals surface area contributed by atoms with Crippen LogP contribution in [0.1, 0.15) is 38.3 Å². The van der Waals surface area contributed by atoms with Gasteiger partial charge in [-0.15, -0.1) is 0 Å². The molecule has 1 rings (SSSR count). The minimum absolute atomic E-state index is 0.587. The Morgan fingerprint density at radius 3 is 2.35 bits per heavy atom. The third-order valence-electron chi connectivity index (χ3n) is 3.27. The number of halogens is 1. The topological polar surface area (TPSA) is 3.24 Å². The summed E-state index contributed by atoms with van der Waals surface area (Å²) in [4.78, 5) is 2.40. The van der Waals surface area contributed by atoms with E-state index in [2.05, 4.69) is 73.8 Å². The van der Waals surface area contributed by atoms with Gasteiger partial charge < -0.3 is 4.90 Å². The molecule has 1 aromatic carbocycles. The van der Waals surface area contributed by atoms with E-state index >= 15 is 0 Å². The summed E-state index contributed by atoms with van der Waals surface area (Å²) in [7, 11) is 2.20. The molecule has 0 bridgehead atoms. The lowest BCUT2D eigenvalue weighted by Gasteiger charge is -2.30. The number of nitrogens with zero attached hydrogens (tertiary/aromatic N) is 1. The number of rotatable bonds is 5. The first-order chi connectivity index (χ1) is 7.95. The van der Waals surface area contributed by atoms with Crippen LogP contribution < -0.4 is 4.90 Å². The molecule has 0 aromatic heterocycles. The van der Waals surface area contributed by atoms with Gasteiger partial charge in [0.1, 0.15) is 0 Å². The monoisotopic (exact) mass is 297 g/mol. The highest BCUT2D eigenvalue weighted by molar-refractivity contribution is 9.08. The molecule has 0 heterocycles. The molecule has 0 spiro atoms. The first-order valence-electron chi connectivity index (χ1n) is 6.34. The highest BCUT2D eigenvalue weighted by atomic mass is 79.9. The van der Waals surface area contributed by atoms with E-state index in [0.29, 0.717) is 6.04 Å². The van der Waals surface area contributed by atoms with E-state index in [1.165, 1.54) is 23.2 Å². The summed E-state index contributed by atoms with van der Waals surface area (Å²) in [6.07, 6.45) is 1.23. The minimum Gasteiger partial charge on any atom is -0.372 e. The summed E-state index contributed by atoms with van der Waals surface area (Å²) in [6.45, 7) is 9.06. The number of aryl methyl sites for hydroxylation is 1. The molecule has 0 aliphatic rings. The Labute approximate surface area is 114 Å². The van der Waals surface area contributed by atoms with Gasteiger partial charge in [0.25, 0.3) is 0 Å². The Bertz CT molecular complexity index is 360. The fraction of sp³-hybridized carbons (Fsp3) is 0.600. The third kappa shape index (κ3) is 4.02. The molecule has 0 amide bonds. The second kappa shape index (κ2) is 6.44. The maximum absolute atomic E-state index is 3.50. The Morgan fingerprint density at radius 2 is 1.88 bits per heavy atom. The zero-order chi connectivity index (χ0) is 13.0. The van der Waals surface area contributed by atoms with Crippen molar-refractivity contribution < 1.29 is 0 Å². The zero-order valence-corrected chi connectivity index (χ0v) is 13.2. The molecule has 17 heavy (non-hydrogen) atoms. The summed E-state index contributed by atoms with van der Waals surface area (Å²) in [5.41, 5.74) is 4.05. The summed E-state index contributed by atoms with van der Waals surface area (Å²) in [5.74, 6) is 0.745. The Balaban J connectivity index is 2.84. The molecule has 2 heteroatoms. The fourth-order valence-corrected chi connectivity index (χ4v) is 2.62. The largest absolute Gasteiger partial charge is 0.372 e. The molecule has 0 saturated carbocycles. The van der Waals surface area contributed by atoms with Crippen LogP contribution in [0, 0.1) is 12.8 Å². The van der Waals surface area contributed by atoms with E-state index in [1.54, 1.807) is 0 Å². The van der Waals surface area contributed by atoms with Crippen molar-refractivity contribution in [1.82, 2.24) is 0 Å². The van der Waals surface area contributed by atoms with E-state index in [9.17, 15) is 0 Å². The van der Waals surface area contributed by atoms with E-state index < -0.39 is 0 Å². The molecule has 1 nitrogen and oxygen atoms in total. The van der Waals surface area contributed by atoms with Crippen LogP contribution in [0.15, 0.2) is 18.2 Å². The van der Waals surface area contributed by atoms with Crippen molar-refractivity contribution in [3.05, 3.63) is 29.3 Å². The SMILES string of the molecule is Cc1cc(CBr)ccc1N(C)C(C)CC(C)C. The van der Waals surface area contributed by atoms with Crippen molar-refractivity contribution in [3.63, 3.8) is 0 Å². The zero-order valence-electron chi connectivity index (χ0n) is 11.6. The summed E-state index contributed by atoms with van der Waals surface area (Å²) in [6, 6.07) is 7.30. The van der Waals surface area contributed by atoms with Crippen LogP contribution in [0.5, 0.6) is 0 Å². The lowest BCUT2D eigenvalue weighted by molar-refractivity contribution is 0.504. The Morgan fingerprint density at radius 1 is 1.24 bits per heavy atom.